The van der Waals surface area contributed by atoms with Gasteiger partial charge in [-0.15, -0.1) is 0 Å². The lowest BCUT2D eigenvalue weighted by Gasteiger charge is -2.21. The van der Waals surface area contributed by atoms with Crippen LogP contribution in [-0.2, 0) is 65.4 Å². The summed E-state index contributed by atoms with van der Waals surface area (Å²) in [6.45, 7) is 9.66. The maximum atomic E-state index is 13.1. The second-order valence-corrected chi connectivity index (χ2v) is 31.4. The zero-order valence-corrected chi connectivity index (χ0v) is 64.5. The molecule has 0 heterocycles. The van der Waals surface area contributed by atoms with Gasteiger partial charge in [0.15, 0.2) is 12.2 Å². The summed E-state index contributed by atoms with van der Waals surface area (Å²) < 4.78 is 68.6. The van der Waals surface area contributed by atoms with Crippen LogP contribution in [0.4, 0.5) is 0 Å². The van der Waals surface area contributed by atoms with E-state index in [1.807, 2.05) is 0 Å². The van der Waals surface area contributed by atoms with Crippen molar-refractivity contribution in [2.75, 3.05) is 39.6 Å². The summed E-state index contributed by atoms with van der Waals surface area (Å²) in [5.74, 6) is -0.499. The van der Waals surface area contributed by atoms with E-state index in [4.69, 9.17) is 37.0 Å². The van der Waals surface area contributed by atoms with Gasteiger partial charge in [-0.2, -0.15) is 0 Å². The van der Waals surface area contributed by atoms with E-state index < -0.39 is 97.5 Å². The van der Waals surface area contributed by atoms with Crippen molar-refractivity contribution in [3.8, 4) is 0 Å². The highest BCUT2D eigenvalue weighted by Crippen LogP contribution is 2.45. The zero-order valence-electron chi connectivity index (χ0n) is 62.7. The minimum absolute atomic E-state index is 0.108. The number of hydrogen-bond acceptors (Lipinski definition) is 15. The lowest BCUT2D eigenvalue weighted by Crippen LogP contribution is -2.30. The normalized spacial score (nSPS) is 14.3. The van der Waals surface area contributed by atoms with Gasteiger partial charge < -0.3 is 33.8 Å². The molecule has 0 aliphatic heterocycles. The predicted octanol–water partition coefficient (Wildman–Crippen LogP) is 22.7. The summed E-state index contributed by atoms with van der Waals surface area (Å²) in [5, 5.41) is 10.6. The number of hydrogen-bond donors (Lipinski definition) is 3. The number of phosphoric ester groups is 2. The van der Waals surface area contributed by atoms with Crippen molar-refractivity contribution in [3.05, 3.63) is 0 Å². The molecule has 0 rings (SSSR count). The molecule has 3 N–H and O–H groups in total. The van der Waals surface area contributed by atoms with Crippen molar-refractivity contribution in [2.24, 2.45) is 11.8 Å². The molecule has 0 aromatic heterocycles. The zero-order chi connectivity index (χ0) is 70.7. The summed E-state index contributed by atoms with van der Waals surface area (Å²) in [7, 11) is -9.91. The molecule has 17 nitrogen and oxygen atoms in total. The Kier molecular flexibility index (Phi) is 67.4. The van der Waals surface area contributed by atoms with Crippen LogP contribution in [0.1, 0.15) is 401 Å². The van der Waals surface area contributed by atoms with Crippen molar-refractivity contribution in [2.45, 2.75) is 419 Å². The average molecular weight is 1410 g/mol. The van der Waals surface area contributed by atoms with Crippen LogP contribution in [0.2, 0.25) is 0 Å². The Morgan fingerprint density at radius 2 is 0.531 bits per heavy atom. The Bertz CT molecular complexity index is 1860. The van der Waals surface area contributed by atoms with Crippen molar-refractivity contribution >= 4 is 39.5 Å². The molecule has 3 unspecified atom stereocenters. The molecule has 0 saturated heterocycles. The minimum atomic E-state index is -4.96. The number of rotatable bonds is 76. The molecule has 0 radical (unpaired) electrons. The number of ether oxygens (including phenoxy) is 4. The van der Waals surface area contributed by atoms with Gasteiger partial charge in [-0.05, 0) is 37.5 Å². The molecule has 0 aromatic rings. The fourth-order valence-corrected chi connectivity index (χ4v) is 13.4. The second kappa shape index (κ2) is 68.8. The van der Waals surface area contributed by atoms with Crippen LogP contribution in [0.15, 0.2) is 0 Å². The number of carbonyl (C=O) groups is 4. The first kappa shape index (κ1) is 94.1. The Balaban J connectivity index is 5.25. The molecule has 6 atom stereocenters. The standard InChI is InChI=1S/C77H150O17P2/c1-7-10-12-14-16-18-20-28-35-41-47-53-59-74(79)87-65-72(93-76(81)61-55-49-43-37-29-21-19-17-15-13-11-8-2)67-91-95(83,84)89-63-71(78)64-90-96(85,86)92-68-73(66-88-75(80)60-54-48-42-36-32-31-34-40-46-52-58-70(6)9-3)94-77(82)62-56-50-44-38-30-26-24-22-23-25-27-33-39-45-51-57-69(4)5/h69-73,78H,7-68H2,1-6H3,(H,83,84)(H,85,86)/t70?,71-,72+,73+/m0/s1. The molecule has 0 fully saturated rings. The molecule has 19 heteroatoms. The maximum Gasteiger partial charge on any atom is 0.472 e. The first-order chi connectivity index (χ1) is 46.4. The van der Waals surface area contributed by atoms with Crippen molar-refractivity contribution < 1.29 is 80.2 Å². The molecule has 0 aliphatic carbocycles. The summed E-state index contributed by atoms with van der Waals surface area (Å²) in [4.78, 5) is 72.9. The van der Waals surface area contributed by atoms with Crippen LogP contribution in [0.5, 0.6) is 0 Å². The molecular formula is C77H150O17P2. The first-order valence-corrected chi connectivity index (χ1v) is 43.0. The van der Waals surface area contributed by atoms with E-state index in [1.165, 1.54) is 218 Å². The van der Waals surface area contributed by atoms with Gasteiger partial charge in [0.2, 0.25) is 0 Å². The largest absolute Gasteiger partial charge is 0.472 e. The molecule has 0 saturated carbocycles. The van der Waals surface area contributed by atoms with Crippen molar-refractivity contribution in [1.82, 2.24) is 0 Å². The summed E-state index contributed by atoms with van der Waals surface area (Å²) >= 11 is 0. The Morgan fingerprint density at radius 3 is 0.792 bits per heavy atom. The molecule has 0 aromatic carbocycles. The van der Waals surface area contributed by atoms with Gasteiger partial charge in [0.25, 0.3) is 0 Å². The minimum Gasteiger partial charge on any atom is -0.462 e. The highest BCUT2D eigenvalue weighted by molar-refractivity contribution is 7.47. The Labute approximate surface area is 588 Å². The highest BCUT2D eigenvalue weighted by Gasteiger charge is 2.30. The fraction of sp³-hybridized carbons (Fsp3) is 0.948. The van der Waals surface area contributed by atoms with Gasteiger partial charge >= 0.3 is 39.5 Å². The quantitative estimate of drug-likeness (QED) is 0.0222. The number of aliphatic hydroxyl groups is 1. The molecule has 96 heavy (non-hydrogen) atoms. The van der Waals surface area contributed by atoms with Crippen molar-refractivity contribution in [1.29, 1.82) is 0 Å². The third kappa shape index (κ3) is 69.2. The summed E-state index contributed by atoms with van der Waals surface area (Å²) in [6.07, 6.45) is 56.6. The molecule has 0 spiro atoms. The lowest BCUT2D eigenvalue weighted by atomic mass is 9.99. The average Bonchev–Trinajstić information content (AvgIpc) is 1.15. The van der Waals surface area contributed by atoms with E-state index >= 15 is 0 Å². The lowest BCUT2D eigenvalue weighted by molar-refractivity contribution is -0.161. The summed E-state index contributed by atoms with van der Waals surface area (Å²) in [5.41, 5.74) is 0. The van der Waals surface area contributed by atoms with E-state index in [-0.39, 0.29) is 25.7 Å². The van der Waals surface area contributed by atoms with Gasteiger partial charge in [0, 0.05) is 25.7 Å². The second-order valence-electron chi connectivity index (χ2n) is 28.5. The highest BCUT2D eigenvalue weighted by atomic mass is 31.2. The van der Waals surface area contributed by atoms with Gasteiger partial charge in [0.1, 0.15) is 19.3 Å². The Hall–Kier alpha value is -1.94. The molecule has 0 bridgehead atoms. The smallest absolute Gasteiger partial charge is 0.462 e. The van der Waals surface area contributed by atoms with Crippen LogP contribution in [0, 0.1) is 11.8 Å². The summed E-state index contributed by atoms with van der Waals surface area (Å²) in [6, 6.07) is 0. The number of carbonyl (C=O) groups excluding carboxylic acids is 4. The topological polar surface area (TPSA) is 237 Å². The van der Waals surface area contributed by atoms with Crippen LogP contribution >= 0.6 is 15.6 Å². The third-order valence-electron chi connectivity index (χ3n) is 18.3. The molecule has 0 amide bonds. The van der Waals surface area contributed by atoms with E-state index in [0.717, 1.165) is 102 Å². The van der Waals surface area contributed by atoms with Crippen molar-refractivity contribution in [3.63, 3.8) is 0 Å². The molecule has 0 aliphatic rings. The van der Waals surface area contributed by atoms with Crippen LogP contribution in [0.25, 0.3) is 0 Å². The van der Waals surface area contributed by atoms with Crippen LogP contribution in [0.3, 0.4) is 0 Å². The van der Waals surface area contributed by atoms with Gasteiger partial charge in [-0.25, -0.2) is 9.13 Å². The monoisotopic (exact) mass is 1410 g/mol. The third-order valence-corrected chi connectivity index (χ3v) is 20.2. The number of aliphatic hydroxyl groups excluding tert-OH is 1. The van der Waals surface area contributed by atoms with E-state index in [2.05, 4.69) is 41.5 Å². The van der Waals surface area contributed by atoms with Gasteiger partial charge in [0.05, 0.1) is 26.4 Å². The van der Waals surface area contributed by atoms with Gasteiger partial charge in [-0.1, -0.05) is 350 Å². The number of phosphoric acid groups is 2. The number of unbranched alkanes of at least 4 members (excludes halogenated alkanes) is 45. The number of esters is 4. The fourth-order valence-electron chi connectivity index (χ4n) is 11.8. The van der Waals surface area contributed by atoms with E-state index in [9.17, 15) is 43.2 Å². The predicted molar refractivity (Wildman–Crippen MR) is 391 cm³/mol. The molecule has 570 valence electrons. The SMILES string of the molecule is CCCCCCCCCCCCCCC(=O)OC[C@H](COP(=O)(O)OC[C@H](O)COP(=O)(O)OC[C@@H](COC(=O)CCCCCCCCCCCCC(C)CC)OC(=O)CCCCCCCCCCCCCCCCCC(C)C)OC(=O)CCCCCCCCCCCCCC. The molecular weight excluding hydrogens is 1260 g/mol. The van der Waals surface area contributed by atoms with Crippen LogP contribution in [-0.4, -0.2) is 96.7 Å². The van der Waals surface area contributed by atoms with E-state index in [1.54, 1.807) is 0 Å². The van der Waals surface area contributed by atoms with Crippen LogP contribution < -0.4 is 0 Å². The van der Waals surface area contributed by atoms with E-state index in [0.29, 0.717) is 25.7 Å². The maximum absolute atomic E-state index is 13.1. The first-order valence-electron chi connectivity index (χ1n) is 40.0. The Morgan fingerprint density at radius 1 is 0.302 bits per heavy atom. The van der Waals surface area contributed by atoms with Gasteiger partial charge in [-0.3, -0.25) is 37.3 Å².